The van der Waals surface area contributed by atoms with Gasteiger partial charge in [-0.15, -0.1) is 11.8 Å². The summed E-state index contributed by atoms with van der Waals surface area (Å²) in [6.07, 6.45) is 2.16. The van der Waals surface area contributed by atoms with Crippen molar-refractivity contribution in [2.75, 3.05) is 24.4 Å². The van der Waals surface area contributed by atoms with Crippen LogP contribution in [0.1, 0.15) is 41.8 Å². The first kappa shape index (κ1) is 34.1. The summed E-state index contributed by atoms with van der Waals surface area (Å²) in [5.74, 6) is 0.0692. The van der Waals surface area contributed by atoms with E-state index in [0.29, 0.717) is 52.1 Å². The molecule has 0 aliphatic carbocycles. The van der Waals surface area contributed by atoms with E-state index in [0.717, 1.165) is 10.5 Å². The minimum Gasteiger partial charge on any atom is -0.495 e. The summed E-state index contributed by atoms with van der Waals surface area (Å²) in [4.78, 5) is 40.6. The normalized spacial score (nSPS) is 11.7. The molecule has 8 nitrogen and oxygen atoms in total. The Labute approximate surface area is 278 Å². The van der Waals surface area contributed by atoms with E-state index in [1.54, 1.807) is 84.9 Å². The molecule has 0 saturated heterocycles. The van der Waals surface area contributed by atoms with Gasteiger partial charge in [0.1, 0.15) is 17.2 Å². The Bertz CT molecular complexity index is 1710. The van der Waals surface area contributed by atoms with E-state index in [1.807, 2.05) is 32.9 Å². The van der Waals surface area contributed by atoms with Crippen molar-refractivity contribution in [2.45, 2.75) is 37.3 Å². The fourth-order valence-electron chi connectivity index (χ4n) is 4.41. The first-order chi connectivity index (χ1) is 22.2. The van der Waals surface area contributed by atoms with Crippen LogP contribution in [0.4, 0.5) is 11.4 Å². The van der Waals surface area contributed by atoms with Gasteiger partial charge in [0.25, 0.3) is 11.8 Å². The standard InChI is InChI=1S/C36H36ClN3O5S/c1-5-33(36(43)39-30-19-23(3)29(37)22-32(30)44-4)46-28-14-10-13-26(21-28)38-35(42)31(40-34(41)25-11-8-7-9-12-25)20-24-15-17-27(18-16-24)45-6-2/h7-22,33H,5-6H2,1-4H3,(H,38,42)(H,39,43)(H,40,41)/b31-20+. The third-order valence-electron chi connectivity index (χ3n) is 6.80. The van der Waals surface area contributed by atoms with Gasteiger partial charge in [-0.2, -0.15) is 0 Å². The van der Waals surface area contributed by atoms with E-state index in [4.69, 9.17) is 21.1 Å². The number of halogens is 1. The van der Waals surface area contributed by atoms with Crippen molar-refractivity contribution in [1.29, 1.82) is 0 Å². The smallest absolute Gasteiger partial charge is 0.272 e. The van der Waals surface area contributed by atoms with Crippen LogP contribution < -0.4 is 25.4 Å². The van der Waals surface area contributed by atoms with Gasteiger partial charge in [0, 0.05) is 27.2 Å². The number of hydrogen-bond donors (Lipinski definition) is 3. The molecule has 4 aromatic carbocycles. The molecule has 46 heavy (non-hydrogen) atoms. The number of carbonyl (C=O) groups excluding carboxylic acids is 3. The number of benzene rings is 4. The first-order valence-corrected chi connectivity index (χ1v) is 16.0. The topological polar surface area (TPSA) is 106 Å². The van der Waals surface area contributed by atoms with Crippen LogP contribution in [0, 0.1) is 6.92 Å². The number of aryl methyl sites for hydroxylation is 1. The van der Waals surface area contributed by atoms with E-state index in [2.05, 4.69) is 16.0 Å². The van der Waals surface area contributed by atoms with Crippen LogP contribution in [-0.2, 0) is 9.59 Å². The number of rotatable bonds is 13. The average molecular weight is 658 g/mol. The molecular formula is C36H36ClN3O5S. The molecule has 0 radical (unpaired) electrons. The van der Waals surface area contributed by atoms with Crippen LogP contribution in [0.2, 0.25) is 5.02 Å². The summed E-state index contributed by atoms with van der Waals surface area (Å²) >= 11 is 7.60. The molecule has 0 heterocycles. The van der Waals surface area contributed by atoms with Gasteiger partial charge in [-0.25, -0.2) is 0 Å². The van der Waals surface area contributed by atoms with Crippen molar-refractivity contribution in [1.82, 2.24) is 5.32 Å². The highest BCUT2D eigenvalue weighted by Gasteiger charge is 2.21. The molecule has 0 saturated carbocycles. The molecule has 0 aromatic heterocycles. The Morgan fingerprint density at radius 1 is 0.913 bits per heavy atom. The van der Waals surface area contributed by atoms with Crippen molar-refractivity contribution < 1.29 is 23.9 Å². The number of methoxy groups -OCH3 is 1. The molecule has 0 bridgehead atoms. The lowest BCUT2D eigenvalue weighted by atomic mass is 10.1. The van der Waals surface area contributed by atoms with E-state index in [-0.39, 0.29) is 11.6 Å². The van der Waals surface area contributed by atoms with Crippen LogP contribution in [0.5, 0.6) is 11.5 Å². The highest BCUT2D eigenvalue weighted by Crippen LogP contribution is 2.33. The molecule has 10 heteroatoms. The molecular weight excluding hydrogens is 622 g/mol. The molecule has 0 spiro atoms. The van der Waals surface area contributed by atoms with Gasteiger partial charge in [-0.1, -0.05) is 54.9 Å². The van der Waals surface area contributed by atoms with Crippen LogP contribution in [0.15, 0.2) is 102 Å². The number of hydrogen-bond acceptors (Lipinski definition) is 6. The molecule has 4 rings (SSSR count). The second-order valence-electron chi connectivity index (χ2n) is 10.2. The van der Waals surface area contributed by atoms with E-state index < -0.39 is 17.1 Å². The van der Waals surface area contributed by atoms with Crippen molar-refractivity contribution in [3.8, 4) is 11.5 Å². The summed E-state index contributed by atoms with van der Waals surface area (Å²) < 4.78 is 10.9. The molecule has 0 aliphatic rings. The van der Waals surface area contributed by atoms with Gasteiger partial charge in [0.15, 0.2) is 0 Å². The second-order valence-corrected chi connectivity index (χ2v) is 11.9. The van der Waals surface area contributed by atoms with Crippen LogP contribution >= 0.6 is 23.4 Å². The lowest BCUT2D eigenvalue weighted by Crippen LogP contribution is -2.30. The molecule has 238 valence electrons. The van der Waals surface area contributed by atoms with Gasteiger partial charge >= 0.3 is 0 Å². The fourth-order valence-corrected chi connectivity index (χ4v) is 5.58. The average Bonchev–Trinajstić information content (AvgIpc) is 3.06. The lowest BCUT2D eigenvalue weighted by molar-refractivity contribution is -0.116. The lowest BCUT2D eigenvalue weighted by Gasteiger charge is -2.18. The van der Waals surface area contributed by atoms with Gasteiger partial charge in [0.2, 0.25) is 5.91 Å². The Kier molecular flexibility index (Phi) is 12.3. The van der Waals surface area contributed by atoms with Gasteiger partial charge in [-0.3, -0.25) is 14.4 Å². The van der Waals surface area contributed by atoms with Crippen molar-refractivity contribution >= 4 is 58.5 Å². The van der Waals surface area contributed by atoms with Gasteiger partial charge in [-0.05, 0) is 86.0 Å². The molecule has 3 amide bonds. The highest BCUT2D eigenvalue weighted by molar-refractivity contribution is 8.00. The van der Waals surface area contributed by atoms with Crippen LogP contribution in [-0.4, -0.2) is 36.7 Å². The van der Waals surface area contributed by atoms with Gasteiger partial charge in [0.05, 0.1) is 24.7 Å². The highest BCUT2D eigenvalue weighted by atomic mass is 35.5. The second kappa shape index (κ2) is 16.5. The van der Waals surface area contributed by atoms with Crippen LogP contribution in [0.25, 0.3) is 6.08 Å². The maximum Gasteiger partial charge on any atom is 0.272 e. The molecule has 3 N–H and O–H groups in total. The summed E-state index contributed by atoms with van der Waals surface area (Å²) in [6.45, 7) is 6.23. The molecule has 1 atom stereocenters. The largest absolute Gasteiger partial charge is 0.495 e. The first-order valence-electron chi connectivity index (χ1n) is 14.7. The SMILES string of the molecule is CCOc1ccc(/C=C(/NC(=O)c2ccccc2)C(=O)Nc2cccc(SC(CC)C(=O)Nc3cc(C)c(Cl)cc3OC)c2)cc1. The summed E-state index contributed by atoms with van der Waals surface area (Å²) in [5, 5.41) is 8.73. The van der Waals surface area contributed by atoms with E-state index in [1.165, 1.54) is 18.9 Å². The summed E-state index contributed by atoms with van der Waals surface area (Å²) in [7, 11) is 1.52. The number of ether oxygens (including phenoxy) is 2. The number of nitrogens with one attached hydrogen (secondary N) is 3. The quantitative estimate of drug-likeness (QED) is 0.0995. The zero-order chi connectivity index (χ0) is 33.1. The third kappa shape index (κ3) is 9.39. The number of amides is 3. The Morgan fingerprint density at radius 2 is 1.65 bits per heavy atom. The van der Waals surface area contributed by atoms with Crippen LogP contribution in [0.3, 0.4) is 0 Å². The van der Waals surface area contributed by atoms with Gasteiger partial charge < -0.3 is 25.4 Å². The van der Waals surface area contributed by atoms with Crippen molar-refractivity contribution in [3.05, 3.63) is 118 Å². The molecule has 4 aromatic rings. The van der Waals surface area contributed by atoms with Crippen molar-refractivity contribution in [3.63, 3.8) is 0 Å². The predicted octanol–water partition coefficient (Wildman–Crippen LogP) is 7.97. The maximum atomic E-state index is 13.6. The van der Waals surface area contributed by atoms with Crippen molar-refractivity contribution in [2.24, 2.45) is 0 Å². The minimum absolute atomic E-state index is 0.0640. The molecule has 1 unspecified atom stereocenters. The maximum absolute atomic E-state index is 13.6. The summed E-state index contributed by atoms with van der Waals surface area (Å²) in [6, 6.07) is 26.5. The van der Waals surface area contributed by atoms with E-state index >= 15 is 0 Å². The monoisotopic (exact) mass is 657 g/mol. The number of carbonyl (C=O) groups is 3. The summed E-state index contributed by atoms with van der Waals surface area (Å²) in [5.41, 5.74) is 3.05. The Hall–Kier alpha value is -4.73. The predicted molar refractivity (Wildman–Crippen MR) is 186 cm³/mol. The zero-order valence-electron chi connectivity index (χ0n) is 26.1. The molecule has 0 fully saturated rings. The number of anilines is 2. The van der Waals surface area contributed by atoms with E-state index in [9.17, 15) is 14.4 Å². The number of thioether (sulfide) groups is 1. The molecule has 0 aliphatic heterocycles. The third-order valence-corrected chi connectivity index (χ3v) is 8.57. The fraction of sp³-hybridized carbons (Fsp3) is 0.194. The Morgan fingerprint density at radius 3 is 2.33 bits per heavy atom. The zero-order valence-corrected chi connectivity index (χ0v) is 27.6. The minimum atomic E-state index is -0.504. The Balaban J connectivity index is 1.51.